The maximum absolute atomic E-state index is 6.20. The van der Waals surface area contributed by atoms with Crippen LogP contribution in [0.25, 0.3) is 0 Å². The fraction of sp³-hybridized carbons (Fsp3) is 0.571. The van der Waals surface area contributed by atoms with Crippen LogP contribution in [0.2, 0.25) is 5.02 Å². The molecule has 0 spiro atoms. The Morgan fingerprint density at radius 1 is 1.29 bits per heavy atom. The predicted molar refractivity (Wildman–Crippen MR) is 75.7 cm³/mol. The first-order valence-corrected chi connectivity index (χ1v) is 6.70. The van der Waals surface area contributed by atoms with Gasteiger partial charge < -0.3 is 5.32 Å². The van der Waals surface area contributed by atoms with Crippen LogP contribution in [0, 0.1) is 0 Å². The van der Waals surface area contributed by atoms with Crippen LogP contribution >= 0.6 is 11.6 Å². The molecule has 1 aromatic rings. The van der Waals surface area contributed by atoms with Gasteiger partial charge in [0.15, 0.2) is 0 Å². The fourth-order valence-corrected chi connectivity index (χ4v) is 2.10. The van der Waals surface area contributed by atoms with Crippen LogP contribution in [0.3, 0.4) is 0 Å². The molecule has 96 valence electrons. The van der Waals surface area contributed by atoms with Gasteiger partial charge >= 0.3 is 0 Å². The second-order valence-corrected chi connectivity index (χ2v) is 4.84. The van der Waals surface area contributed by atoms with Gasteiger partial charge in [-0.15, -0.1) is 0 Å². The summed E-state index contributed by atoms with van der Waals surface area (Å²) in [5.41, 5.74) is 1.20. The maximum Gasteiger partial charge on any atom is 0.0453 e. The molecule has 0 amide bonds. The molecule has 1 unspecified atom stereocenters. The lowest BCUT2D eigenvalue weighted by atomic mass is 10.1. The molecule has 1 aromatic carbocycles. The summed E-state index contributed by atoms with van der Waals surface area (Å²) in [6.45, 7) is 7.53. The molecule has 0 bridgehead atoms. The SMILES string of the molecule is CCCNCCN(C)C(C)c1ccccc1Cl. The Bertz CT molecular complexity index is 328. The molecule has 0 fully saturated rings. The van der Waals surface area contributed by atoms with Crippen LogP contribution in [0.5, 0.6) is 0 Å². The summed E-state index contributed by atoms with van der Waals surface area (Å²) in [4.78, 5) is 2.32. The minimum atomic E-state index is 0.354. The van der Waals surface area contributed by atoms with E-state index in [9.17, 15) is 0 Å². The first-order chi connectivity index (χ1) is 8.16. The Morgan fingerprint density at radius 3 is 2.65 bits per heavy atom. The lowest BCUT2D eigenvalue weighted by molar-refractivity contribution is 0.261. The largest absolute Gasteiger partial charge is 0.315 e. The van der Waals surface area contributed by atoms with Crippen LogP contribution in [0.4, 0.5) is 0 Å². The van der Waals surface area contributed by atoms with Gasteiger partial charge in [-0.2, -0.15) is 0 Å². The van der Waals surface area contributed by atoms with Crippen molar-refractivity contribution in [3.63, 3.8) is 0 Å². The van der Waals surface area contributed by atoms with Gasteiger partial charge in [-0.1, -0.05) is 36.7 Å². The van der Waals surface area contributed by atoms with Crippen molar-refractivity contribution >= 4 is 11.6 Å². The van der Waals surface area contributed by atoms with Crippen molar-refractivity contribution in [2.24, 2.45) is 0 Å². The number of nitrogens with zero attached hydrogens (tertiary/aromatic N) is 1. The maximum atomic E-state index is 6.20. The molecule has 0 aliphatic rings. The monoisotopic (exact) mass is 254 g/mol. The molecule has 0 saturated heterocycles. The molecule has 0 radical (unpaired) electrons. The van der Waals surface area contributed by atoms with Gasteiger partial charge in [0, 0.05) is 24.2 Å². The molecule has 3 heteroatoms. The molecule has 2 nitrogen and oxygen atoms in total. The van der Waals surface area contributed by atoms with E-state index in [1.54, 1.807) is 0 Å². The van der Waals surface area contributed by atoms with Crippen LogP contribution < -0.4 is 5.32 Å². The quantitative estimate of drug-likeness (QED) is 0.751. The number of halogens is 1. The first kappa shape index (κ1) is 14.5. The van der Waals surface area contributed by atoms with E-state index in [4.69, 9.17) is 11.6 Å². The number of hydrogen-bond acceptors (Lipinski definition) is 2. The predicted octanol–water partition coefficient (Wildman–Crippen LogP) is 3.33. The summed E-state index contributed by atoms with van der Waals surface area (Å²) in [6, 6.07) is 8.43. The van der Waals surface area contributed by atoms with Crippen molar-refractivity contribution in [1.82, 2.24) is 10.2 Å². The minimum absolute atomic E-state index is 0.354. The molecule has 0 aliphatic heterocycles. The third-order valence-electron chi connectivity index (χ3n) is 3.08. The highest BCUT2D eigenvalue weighted by Gasteiger charge is 2.13. The Kier molecular flexibility index (Phi) is 6.56. The highest BCUT2D eigenvalue weighted by molar-refractivity contribution is 6.31. The minimum Gasteiger partial charge on any atom is -0.315 e. The third-order valence-corrected chi connectivity index (χ3v) is 3.43. The molecule has 1 atom stereocenters. The number of likely N-dealkylation sites (N-methyl/N-ethyl adjacent to an activating group) is 1. The van der Waals surface area contributed by atoms with E-state index in [0.717, 1.165) is 24.7 Å². The zero-order valence-electron chi connectivity index (χ0n) is 11.0. The van der Waals surface area contributed by atoms with E-state index in [2.05, 4.69) is 37.2 Å². The highest BCUT2D eigenvalue weighted by atomic mass is 35.5. The number of hydrogen-bond donors (Lipinski definition) is 1. The molecule has 0 aromatic heterocycles. The first-order valence-electron chi connectivity index (χ1n) is 6.32. The van der Waals surface area contributed by atoms with E-state index in [1.807, 2.05) is 18.2 Å². The summed E-state index contributed by atoms with van der Waals surface area (Å²) < 4.78 is 0. The van der Waals surface area contributed by atoms with Crippen molar-refractivity contribution in [3.05, 3.63) is 34.9 Å². The lowest BCUT2D eigenvalue weighted by Gasteiger charge is -2.25. The molecule has 0 aliphatic carbocycles. The van der Waals surface area contributed by atoms with Gasteiger partial charge in [0.05, 0.1) is 0 Å². The second-order valence-electron chi connectivity index (χ2n) is 4.43. The van der Waals surface area contributed by atoms with Gasteiger partial charge in [0.1, 0.15) is 0 Å². The van der Waals surface area contributed by atoms with Crippen molar-refractivity contribution in [1.29, 1.82) is 0 Å². The van der Waals surface area contributed by atoms with E-state index in [-0.39, 0.29) is 0 Å². The molecule has 17 heavy (non-hydrogen) atoms. The fourth-order valence-electron chi connectivity index (χ4n) is 1.80. The summed E-state index contributed by atoms with van der Waals surface area (Å²) in [6.07, 6.45) is 1.18. The van der Waals surface area contributed by atoms with Gasteiger partial charge in [0.25, 0.3) is 0 Å². The molecule has 1 rings (SSSR count). The van der Waals surface area contributed by atoms with Crippen molar-refractivity contribution in [3.8, 4) is 0 Å². The number of benzene rings is 1. The smallest absolute Gasteiger partial charge is 0.0453 e. The van der Waals surface area contributed by atoms with Gasteiger partial charge in [-0.25, -0.2) is 0 Å². The van der Waals surface area contributed by atoms with Crippen molar-refractivity contribution in [2.45, 2.75) is 26.3 Å². The van der Waals surface area contributed by atoms with Crippen molar-refractivity contribution < 1.29 is 0 Å². The third kappa shape index (κ3) is 4.66. The standard InChI is InChI=1S/C14H23ClN2/c1-4-9-16-10-11-17(3)12(2)13-7-5-6-8-14(13)15/h5-8,12,16H,4,9-11H2,1-3H3. The molecular weight excluding hydrogens is 232 g/mol. The van der Waals surface area contributed by atoms with Crippen LogP contribution in [-0.2, 0) is 0 Å². The van der Waals surface area contributed by atoms with E-state index >= 15 is 0 Å². The highest BCUT2D eigenvalue weighted by Crippen LogP contribution is 2.25. The van der Waals surface area contributed by atoms with Crippen LogP contribution in [0.15, 0.2) is 24.3 Å². The molecule has 1 N–H and O–H groups in total. The number of nitrogens with one attached hydrogen (secondary N) is 1. The molecule has 0 saturated carbocycles. The Hall–Kier alpha value is -0.570. The van der Waals surface area contributed by atoms with Gasteiger partial charge in [-0.05, 0) is 38.6 Å². The van der Waals surface area contributed by atoms with Crippen LogP contribution in [-0.4, -0.2) is 31.6 Å². The van der Waals surface area contributed by atoms with Gasteiger partial charge in [-0.3, -0.25) is 4.90 Å². The van der Waals surface area contributed by atoms with Crippen LogP contribution in [0.1, 0.15) is 31.9 Å². The Morgan fingerprint density at radius 2 is 2.00 bits per heavy atom. The van der Waals surface area contributed by atoms with E-state index in [0.29, 0.717) is 6.04 Å². The Labute approximate surface area is 110 Å². The van der Waals surface area contributed by atoms with E-state index < -0.39 is 0 Å². The molecular formula is C14H23ClN2. The van der Waals surface area contributed by atoms with Crippen molar-refractivity contribution in [2.75, 3.05) is 26.7 Å². The lowest BCUT2D eigenvalue weighted by Crippen LogP contribution is -2.31. The zero-order chi connectivity index (χ0) is 12.7. The topological polar surface area (TPSA) is 15.3 Å². The molecule has 0 heterocycles. The second kappa shape index (κ2) is 7.70. The zero-order valence-corrected chi connectivity index (χ0v) is 11.8. The summed E-state index contributed by atoms with van der Waals surface area (Å²) >= 11 is 6.20. The average Bonchev–Trinajstić information content (AvgIpc) is 2.34. The Balaban J connectivity index is 2.46. The average molecular weight is 255 g/mol. The van der Waals surface area contributed by atoms with E-state index in [1.165, 1.54) is 12.0 Å². The summed E-state index contributed by atoms with van der Waals surface area (Å²) in [7, 11) is 2.14. The number of rotatable bonds is 7. The summed E-state index contributed by atoms with van der Waals surface area (Å²) in [5.74, 6) is 0. The van der Waals surface area contributed by atoms with Gasteiger partial charge in [0.2, 0.25) is 0 Å². The summed E-state index contributed by atoms with van der Waals surface area (Å²) in [5, 5.41) is 4.27. The normalized spacial score (nSPS) is 13.0.